The first-order valence-electron chi connectivity index (χ1n) is 7.93. The monoisotopic (exact) mass is 366 g/mol. The Bertz CT molecular complexity index is 921. The zero-order valence-electron chi connectivity index (χ0n) is 13.7. The Kier molecular flexibility index (Phi) is 4.87. The third-order valence-electron chi connectivity index (χ3n) is 4.21. The lowest BCUT2D eigenvalue weighted by Crippen LogP contribution is -2.45. The minimum absolute atomic E-state index is 0.184. The SMILES string of the molecule is Cn1nc(N2CCC(NS(=O)(=O)c3ccccc3F)CC2)ccc1=O. The molecule has 3 rings (SSSR count). The molecule has 0 radical (unpaired) electrons. The van der Waals surface area contributed by atoms with Crippen molar-refractivity contribution in [2.45, 2.75) is 23.8 Å². The van der Waals surface area contributed by atoms with E-state index < -0.39 is 15.8 Å². The molecule has 1 saturated heterocycles. The fourth-order valence-electron chi connectivity index (χ4n) is 2.83. The van der Waals surface area contributed by atoms with Crippen molar-refractivity contribution in [2.24, 2.45) is 7.05 Å². The van der Waals surface area contributed by atoms with Crippen LogP contribution in [-0.4, -0.2) is 37.3 Å². The number of halogens is 1. The van der Waals surface area contributed by atoms with Gasteiger partial charge in [0, 0.05) is 32.2 Å². The molecule has 1 aliphatic rings. The average Bonchev–Trinajstić information content (AvgIpc) is 2.58. The predicted molar refractivity (Wildman–Crippen MR) is 91.4 cm³/mol. The van der Waals surface area contributed by atoms with E-state index in [-0.39, 0.29) is 16.5 Å². The van der Waals surface area contributed by atoms with Crippen molar-refractivity contribution in [1.29, 1.82) is 0 Å². The molecule has 2 aromatic rings. The number of nitrogens with zero attached hydrogens (tertiary/aromatic N) is 3. The Morgan fingerprint density at radius 1 is 1.16 bits per heavy atom. The number of rotatable bonds is 4. The van der Waals surface area contributed by atoms with E-state index in [2.05, 4.69) is 9.82 Å². The van der Waals surface area contributed by atoms with Gasteiger partial charge in [-0.05, 0) is 31.0 Å². The molecule has 134 valence electrons. The van der Waals surface area contributed by atoms with Crippen LogP contribution >= 0.6 is 0 Å². The Labute approximate surface area is 145 Å². The van der Waals surface area contributed by atoms with Gasteiger partial charge in [-0.2, -0.15) is 5.10 Å². The highest BCUT2D eigenvalue weighted by atomic mass is 32.2. The highest BCUT2D eigenvalue weighted by molar-refractivity contribution is 7.89. The summed E-state index contributed by atoms with van der Waals surface area (Å²) in [5.74, 6) is -0.0839. The Balaban J connectivity index is 1.65. The number of piperidine rings is 1. The van der Waals surface area contributed by atoms with Crippen molar-refractivity contribution in [3.8, 4) is 0 Å². The van der Waals surface area contributed by atoms with Crippen LogP contribution in [-0.2, 0) is 17.1 Å². The second-order valence-corrected chi connectivity index (χ2v) is 7.65. The normalized spacial score (nSPS) is 16.2. The molecule has 0 amide bonds. The minimum Gasteiger partial charge on any atom is -0.355 e. The summed E-state index contributed by atoms with van der Waals surface area (Å²) in [5.41, 5.74) is -0.184. The summed E-state index contributed by atoms with van der Waals surface area (Å²) in [6.07, 6.45) is 1.14. The molecular weight excluding hydrogens is 347 g/mol. The van der Waals surface area contributed by atoms with Crippen molar-refractivity contribution in [2.75, 3.05) is 18.0 Å². The Morgan fingerprint density at radius 3 is 2.48 bits per heavy atom. The van der Waals surface area contributed by atoms with Crippen molar-refractivity contribution in [3.05, 3.63) is 52.6 Å². The van der Waals surface area contributed by atoms with E-state index in [1.807, 2.05) is 4.90 Å². The van der Waals surface area contributed by atoms with Crippen molar-refractivity contribution < 1.29 is 12.8 Å². The molecule has 25 heavy (non-hydrogen) atoms. The molecule has 0 atom stereocenters. The summed E-state index contributed by atoms with van der Waals surface area (Å²) in [7, 11) is -2.31. The van der Waals surface area contributed by atoms with Gasteiger partial charge < -0.3 is 4.90 Å². The van der Waals surface area contributed by atoms with Crippen molar-refractivity contribution >= 4 is 15.8 Å². The summed E-state index contributed by atoms with van der Waals surface area (Å²) in [6.45, 7) is 1.19. The molecular formula is C16H19FN4O3S. The Morgan fingerprint density at radius 2 is 1.84 bits per heavy atom. The van der Waals surface area contributed by atoms with Crippen LogP contribution in [0.25, 0.3) is 0 Å². The summed E-state index contributed by atoms with van der Waals surface area (Å²) in [4.78, 5) is 13.1. The molecule has 0 unspecified atom stereocenters. The van der Waals surface area contributed by atoms with Gasteiger partial charge in [-0.1, -0.05) is 12.1 Å². The molecule has 7 nitrogen and oxygen atoms in total. The third kappa shape index (κ3) is 3.88. The standard InChI is InChI=1S/C16H19FN4O3S/c1-20-16(22)7-6-15(18-20)21-10-8-12(9-11-21)19-25(23,24)14-5-3-2-4-13(14)17/h2-7,12,19H,8-11H2,1H3. The first kappa shape index (κ1) is 17.6. The van der Waals surface area contributed by atoms with Gasteiger partial charge in [-0.15, -0.1) is 0 Å². The minimum atomic E-state index is -3.89. The smallest absolute Gasteiger partial charge is 0.266 e. The van der Waals surface area contributed by atoms with Gasteiger partial charge in [0.2, 0.25) is 10.0 Å². The van der Waals surface area contributed by atoms with Gasteiger partial charge in [-0.25, -0.2) is 22.2 Å². The Hall–Kier alpha value is -2.26. The molecule has 1 aliphatic heterocycles. The zero-order valence-corrected chi connectivity index (χ0v) is 14.5. The second-order valence-electron chi connectivity index (χ2n) is 5.97. The maximum atomic E-state index is 13.7. The lowest BCUT2D eigenvalue weighted by Gasteiger charge is -2.32. The van der Waals surface area contributed by atoms with Gasteiger partial charge >= 0.3 is 0 Å². The van der Waals surface area contributed by atoms with Gasteiger partial charge in [0.05, 0.1) is 0 Å². The van der Waals surface area contributed by atoms with E-state index in [9.17, 15) is 17.6 Å². The van der Waals surface area contributed by atoms with E-state index in [1.165, 1.54) is 28.9 Å². The molecule has 0 spiro atoms. The zero-order chi connectivity index (χ0) is 18.0. The first-order valence-corrected chi connectivity index (χ1v) is 9.41. The lowest BCUT2D eigenvalue weighted by molar-refractivity contribution is 0.454. The van der Waals surface area contributed by atoms with Gasteiger partial charge in [0.15, 0.2) is 0 Å². The lowest BCUT2D eigenvalue weighted by atomic mass is 10.1. The van der Waals surface area contributed by atoms with Crippen LogP contribution in [0.1, 0.15) is 12.8 Å². The third-order valence-corrected chi connectivity index (χ3v) is 5.77. The topological polar surface area (TPSA) is 84.3 Å². The number of anilines is 1. The van der Waals surface area contributed by atoms with E-state index in [1.54, 1.807) is 13.1 Å². The van der Waals surface area contributed by atoms with Crippen LogP contribution in [0, 0.1) is 5.82 Å². The molecule has 1 N–H and O–H groups in total. The fourth-order valence-corrected chi connectivity index (χ4v) is 4.21. The number of aromatic nitrogens is 2. The van der Waals surface area contributed by atoms with Crippen LogP contribution in [0.5, 0.6) is 0 Å². The number of hydrogen-bond donors (Lipinski definition) is 1. The number of nitrogens with one attached hydrogen (secondary N) is 1. The van der Waals surface area contributed by atoms with Gasteiger partial charge in [0.1, 0.15) is 16.5 Å². The summed E-state index contributed by atoms with van der Waals surface area (Å²) >= 11 is 0. The average molecular weight is 366 g/mol. The van der Waals surface area contributed by atoms with E-state index in [4.69, 9.17) is 0 Å². The quantitative estimate of drug-likeness (QED) is 0.868. The van der Waals surface area contributed by atoms with Gasteiger partial charge in [0.25, 0.3) is 5.56 Å². The highest BCUT2D eigenvalue weighted by Crippen LogP contribution is 2.19. The van der Waals surface area contributed by atoms with Crippen molar-refractivity contribution in [3.63, 3.8) is 0 Å². The number of aryl methyl sites for hydroxylation is 1. The number of hydrogen-bond acceptors (Lipinski definition) is 5. The fraction of sp³-hybridized carbons (Fsp3) is 0.375. The van der Waals surface area contributed by atoms with E-state index in [0.29, 0.717) is 31.7 Å². The van der Waals surface area contributed by atoms with E-state index in [0.717, 1.165) is 6.07 Å². The van der Waals surface area contributed by atoms with Crippen LogP contribution in [0.4, 0.5) is 10.2 Å². The molecule has 1 aromatic heterocycles. The molecule has 0 saturated carbocycles. The molecule has 0 aliphatic carbocycles. The van der Waals surface area contributed by atoms with Crippen molar-refractivity contribution in [1.82, 2.24) is 14.5 Å². The molecule has 1 aromatic carbocycles. The molecule has 9 heteroatoms. The van der Waals surface area contributed by atoms with Crippen LogP contribution in [0.3, 0.4) is 0 Å². The largest absolute Gasteiger partial charge is 0.355 e. The van der Waals surface area contributed by atoms with Crippen LogP contribution in [0.15, 0.2) is 46.1 Å². The molecule has 2 heterocycles. The summed E-state index contributed by atoms with van der Waals surface area (Å²) in [5, 5.41) is 4.20. The second kappa shape index (κ2) is 6.93. The highest BCUT2D eigenvalue weighted by Gasteiger charge is 2.26. The maximum Gasteiger partial charge on any atom is 0.266 e. The van der Waals surface area contributed by atoms with Crippen LogP contribution < -0.4 is 15.2 Å². The summed E-state index contributed by atoms with van der Waals surface area (Å²) < 4.78 is 42.3. The predicted octanol–water partition coefficient (Wildman–Crippen LogP) is 0.867. The maximum absolute atomic E-state index is 13.7. The number of sulfonamides is 1. The van der Waals surface area contributed by atoms with Gasteiger partial charge in [-0.3, -0.25) is 4.79 Å². The van der Waals surface area contributed by atoms with Crippen LogP contribution in [0.2, 0.25) is 0 Å². The first-order chi connectivity index (χ1) is 11.9. The molecule has 0 bridgehead atoms. The van der Waals surface area contributed by atoms with E-state index >= 15 is 0 Å². The number of benzene rings is 1. The molecule has 1 fully saturated rings. The summed E-state index contributed by atoms with van der Waals surface area (Å²) in [6, 6.07) is 8.16.